The SMILES string of the molecule is c1cnn(-c2ccc(OCC3CN3C3CCC3)cc2)c1. The average Bonchev–Trinajstić information content (AvgIpc) is 2.96. The lowest BCUT2D eigenvalue weighted by Gasteiger charge is -2.27. The van der Waals surface area contributed by atoms with Gasteiger partial charge in [0.05, 0.1) is 11.7 Å². The molecule has 2 unspecified atom stereocenters. The maximum atomic E-state index is 5.88. The second kappa shape index (κ2) is 4.94. The summed E-state index contributed by atoms with van der Waals surface area (Å²) in [6.45, 7) is 2.04. The Balaban J connectivity index is 1.31. The quantitative estimate of drug-likeness (QED) is 0.781. The summed E-state index contributed by atoms with van der Waals surface area (Å²) in [5.74, 6) is 0.946. The van der Waals surface area contributed by atoms with Crippen LogP contribution in [0.4, 0.5) is 0 Å². The van der Waals surface area contributed by atoms with Crippen molar-refractivity contribution in [2.24, 2.45) is 0 Å². The Morgan fingerprint density at radius 1 is 1.20 bits per heavy atom. The van der Waals surface area contributed by atoms with E-state index in [1.165, 1.54) is 25.8 Å². The molecule has 1 aliphatic heterocycles. The molecule has 1 aromatic heterocycles. The first-order chi connectivity index (χ1) is 9.90. The molecule has 4 nitrogen and oxygen atoms in total. The summed E-state index contributed by atoms with van der Waals surface area (Å²) in [6.07, 6.45) is 7.90. The molecule has 2 heterocycles. The molecule has 2 aliphatic rings. The predicted octanol–water partition coefficient (Wildman–Crippen LogP) is 2.49. The van der Waals surface area contributed by atoms with Crippen LogP contribution in [0.3, 0.4) is 0 Å². The van der Waals surface area contributed by atoms with Crippen LogP contribution in [0.2, 0.25) is 0 Å². The van der Waals surface area contributed by atoms with Gasteiger partial charge >= 0.3 is 0 Å². The summed E-state index contributed by atoms with van der Waals surface area (Å²) < 4.78 is 7.73. The fourth-order valence-electron chi connectivity index (χ4n) is 2.82. The minimum absolute atomic E-state index is 0.645. The molecule has 20 heavy (non-hydrogen) atoms. The van der Waals surface area contributed by atoms with Crippen molar-refractivity contribution in [3.05, 3.63) is 42.7 Å². The summed E-state index contributed by atoms with van der Waals surface area (Å²) in [5.41, 5.74) is 1.06. The summed E-state index contributed by atoms with van der Waals surface area (Å²) in [6, 6.07) is 11.5. The fraction of sp³-hybridized carbons (Fsp3) is 0.438. The standard InChI is InChI=1S/C16H19N3O/c1-3-13(4-1)18-11-15(18)12-20-16-7-5-14(6-8-16)19-10-2-9-17-19/h2,5-10,13,15H,1,3-4,11-12H2. The van der Waals surface area contributed by atoms with Crippen molar-refractivity contribution in [1.29, 1.82) is 0 Å². The Hall–Kier alpha value is -1.81. The fourth-order valence-corrected chi connectivity index (χ4v) is 2.82. The molecule has 1 saturated carbocycles. The summed E-state index contributed by atoms with van der Waals surface area (Å²) >= 11 is 0. The molecule has 0 spiro atoms. The highest BCUT2D eigenvalue weighted by atomic mass is 16.5. The van der Waals surface area contributed by atoms with Crippen LogP contribution in [0.1, 0.15) is 19.3 Å². The molecule has 4 heteroatoms. The molecule has 2 fully saturated rings. The number of aromatic nitrogens is 2. The molecule has 1 aromatic carbocycles. The van der Waals surface area contributed by atoms with E-state index in [0.717, 1.165) is 24.1 Å². The van der Waals surface area contributed by atoms with Crippen LogP contribution in [0.5, 0.6) is 5.75 Å². The highest BCUT2D eigenvalue weighted by molar-refractivity contribution is 5.36. The van der Waals surface area contributed by atoms with Gasteiger partial charge in [0.15, 0.2) is 0 Å². The van der Waals surface area contributed by atoms with E-state index in [1.807, 2.05) is 41.2 Å². The second-order valence-electron chi connectivity index (χ2n) is 5.69. The highest BCUT2D eigenvalue weighted by Crippen LogP contribution is 2.33. The number of hydrogen-bond acceptors (Lipinski definition) is 3. The van der Waals surface area contributed by atoms with Gasteiger partial charge in [0.1, 0.15) is 12.4 Å². The Labute approximate surface area is 119 Å². The maximum Gasteiger partial charge on any atom is 0.119 e. The van der Waals surface area contributed by atoms with E-state index < -0.39 is 0 Å². The van der Waals surface area contributed by atoms with E-state index in [4.69, 9.17) is 4.74 Å². The Morgan fingerprint density at radius 3 is 2.70 bits per heavy atom. The largest absolute Gasteiger partial charge is 0.492 e. The van der Waals surface area contributed by atoms with Crippen molar-refractivity contribution >= 4 is 0 Å². The molecule has 0 bridgehead atoms. The van der Waals surface area contributed by atoms with Gasteiger partial charge in [-0.2, -0.15) is 5.10 Å². The minimum Gasteiger partial charge on any atom is -0.492 e. The normalized spacial score (nSPS) is 25.2. The zero-order chi connectivity index (χ0) is 13.4. The van der Waals surface area contributed by atoms with E-state index in [2.05, 4.69) is 10.00 Å². The van der Waals surface area contributed by atoms with Crippen molar-refractivity contribution in [2.75, 3.05) is 13.2 Å². The van der Waals surface area contributed by atoms with E-state index in [9.17, 15) is 0 Å². The van der Waals surface area contributed by atoms with Crippen LogP contribution < -0.4 is 4.74 Å². The van der Waals surface area contributed by atoms with Crippen LogP contribution in [0.25, 0.3) is 5.69 Å². The van der Waals surface area contributed by atoms with Gasteiger partial charge < -0.3 is 4.74 Å². The van der Waals surface area contributed by atoms with Crippen LogP contribution >= 0.6 is 0 Å². The van der Waals surface area contributed by atoms with Crippen LogP contribution in [-0.2, 0) is 0 Å². The van der Waals surface area contributed by atoms with E-state index in [0.29, 0.717) is 6.04 Å². The number of benzene rings is 1. The van der Waals surface area contributed by atoms with Crippen LogP contribution in [0, 0.1) is 0 Å². The van der Waals surface area contributed by atoms with Crippen molar-refractivity contribution in [3.63, 3.8) is 0 Å². The molecule has 4 rings (SSSR count). The zero-order valence-electron chi connectivity index (χ0n) is 11.5. The third-order valence-corrected chi connectivity index (χ3v) is 4.35. The number of rotatable bonds is 5. The third kappa shape index (κ3) is 2.31. The minimum atomic E-state index is 0.645. The smallest absolute Gasteiger partial charge is 0.119 e. The first kappa shape index (κ1) is 12.0. The molecular formula is C16H19N3O. The monoisotopic (exact) mass is 269 g/mol. The average molecular weight is 269 g/mol. The van der Waals surface area contributed by atoms with Gasteiger partial charge in [0.2, 0.25) is 0 Å². The Bertz CT molecular complexity index is 560. The highest BCUT2D eigenvalue weighted by Gasteiger charge is 2.42. The van der Waals surface area contributed by atoms with E-state index in [-0.39, 0.29) is 0 Å². The lowest BCUT2D eigenvalue weighted by atomic mass is 9.93. The first-order valence-corrected chi connectivity index (χ1v) is 7.39. The van der Waals surface area contributed by atoms with Gasteiger partial charge in [-0.25, -0.2) is 4.68 Å². The van der Waals surface area contributed by atoms with Gasteiger partial charge in [0.25, 0.3) is 0 Å². The van der Waals surface area contributed by atoms with Crippen LogP contribution in [-0.4, -0.2) is 39.9 Å². The van der Waals surface area contributed by atoms with E-state index >= 15 is 0 Å². The molecule has 2 atom stereocenters. The number of ether oxygens (including phenoxy) is 1. The van der Waals surface area contributed by atoms with Crippen LogP contribution in [0.15, 0.2) is 42.7 Å². The molecule has 2 aromatic rings. The van der Waals surface area contributed by atoms with Gasteiger partial charge in [-0.05, 0) is 43.2 Å². The second-order valence-corrected chi connectivity index (χ2v) is 5.69. The summed E-state index contributed by atoms with van der Waals surface area (Å²) in [4.78, 5) is 2.57. The topological polar surface area (TPSA) is 30.1 Å². The van der Waals surface area contributed by atoms with Gasteiger partial charge in [0, 0.05) is 25.0 Å². The van der Waals surface area contributed by atoms with Crippen molar-refractivity contribution in [1.82, 2.24) is 14.7 Å². The lowest BCUT2D eigenvalue weighted by Crippen LogP contribution is -2.29. The van der Waals surface area contributed by atoms with Crippen molar-refractivity contribution < 1.29 is 4.74 Å². The zero-order valence-corrected chi connectivity index (χ0v) is 11.5. The third-order valence-electron chi connectivity index (χ3n) is 4.35. The molecule has 0 amide bonds. The van der Waals surface area contributed by atoms with Crippen molar-refractivity contribution in [2.45, 2.75) is 31.3 Å². The summed E-state index contributed by atoms with van der Waals surface area (Å²) in [5, 5.41) is 4.21. The molecule has 104 valence electrons. The molecule has 0 radical (unpaired) electrons. The molecule has 0 N–H and O–H groups in total. The van der Waals surface area contributed by atoms with Gasteiger partial charge in [-0.3, -0.25) is 4.90 Å². The maximum absolute atomic E-state index is 5.88. The summed E-state index contributed by atoms with van der Waals surface area (Å²) in [7, 11) is 0. The first-order valence-electron chi connectivity index (χ1n) is 7.39. The van der Waals surface area contributed by atoms with Crippen molar-refractivity contribution in [3.8, 4) is 11.4 Å². The Kier molecular flexibility index (Phi) is 2.96. The molecule has 1 aliphatic carbocycles. The number of nitrogens with zero attached hydrogens (tertiary/aromatic N) is 3. The molecule has 1 saturated heterocycles. The Morgan fingerprint density at radius 2 is 2.05 bits per heavy atom. The van der Waals surface area contributed by atoms with E-state index in [1.54, 1.807) is 6.20 Å². The van der Waals surface area contributed by atoms with Gasteiger partial charge in [-0.1, -0.05) is 6.42 Å². The van der Waals surface area contributed by atoms with Gasteiger partial charge in [-0.15, -0.1) is 0 Å². The predicted molar refractivity (Wildman–Crippen MR) is 77.2 cm³/mol. The molecular weight excluding hydrogens is 250 g/mol. The number of hydrogen-bond donors (Lipinski definition) is 0. The lowest BCUT2D eigenvalue weighted by molar-refractivity contribution is 0.215.